The van der Waals surface area contributed by atoms with Gasteiger partial charge in [-0.25, -0.2) is 4.79 Å². The predicted molar refractivity (Wildman–Crippen MR) is 79.6 cm³/mol. The third-order valence-electron chi connectivity index (χ3n) is 4.34. The Kier molecular flexibility index (Phi) is 5.76. The number of esters is 1. The first-order valence-corrected chi connectivity index (χ1v) is 7.92. The summed E-state index contributed by atoms with van der Waals surface area (Å²) in [5, 5.41) is 5.43. The van der Waals surface area contributed by atoms with Crippen LogP contribution in [-0.2, 0) is 19.1 Å². The van der Waals surface area contributed by atoms with Crippen LogP contribution in [0, 0.1) is 11.8 Å². The molecule has 2 rings (SSSR count). The van der Waals surface area contributed by atoms with Gasteiger partial charge in [-0.2, -0.15) is 0 Å². The molecule has 0 unspecified atom stereocenters. The van der Waals surface area contributed by atoms with Crippen molar-refractivity contribution in [2.24, 2.45) is 17.6 Å². The molecule has 22 heavy (non-hydrogen) atoms. The zero-order chi connectivity index (χ0) is 16.1. The molecule has 0 bridgehead atoms. The van der Waals surface area contributed by atoms with Crippen molar-refractivity contribution < 1.29 is 19.1 Å². The van der Waals surface area contributed by atoms with Gasteiger partial charge < -0.3 is 21.1 Å². The summed E-state index contributed by atoms with van der Waals surface area (Å²) in [6, 6.07) is -1.43. The van der Waals surface area contributed by atoms with E-state index >= 15 is 0 Å². The summed E-state index contributed by atoms with van der Waals surface area (Å²) in [6.07, 6.45) is 4.71. The van der Waals surface area contributed by atoms with E-state index in [0.717, 1.165) is 19.3 Å². The predicted octanol–water partition coefficient (Wildman–Crippen LogP) is -0.312. The molecule has 0 spiro atoms. The summed E-state index contributed by atoms with van der Waals surface area (Å²) in [7, 11) is 1.27. The summed E-state index contributed by atoms with van der Waals surface area (Å²) < 4.78 is 4.74. The fraction of sp³-hybridized carbons (Fsp3) is 0.800. The van der Waals surface area contributed by atoms with Crippen molar-refractivity contribution in [3.8, 4) is 0 Å². The topological polar surface area (TPSA) is 111 Å². The molecule has 0 aromatic heterocycles. The Morgan fingerprint density at radius 2 is 2.09 bits per heavy atom. The third kappa shape index (κ3) is 4.69. The second-order valence-corrected chi connectivity index (χ2v) is 6.24. The minimum atomic E-state index is -0.823. The lowest BCUT2D eigenvalue weighted by Gasteiger charge is -2.26. The van der Waals surface area contributed by atoms with Crippen LogP contribution < -0.4 is 16.4 Å². The molecule has 2 aliphatic rings. The van der Waals surface area contributed by atoms with E-state index in [0.29, 0.717) is 25.3 Å². The molecule has 1 aliphatic carbocycles. The Labute approximate surface area is 130 Å². The largest absolute Gasteiger partial charge is 0.467 e. The number of piperidine rings is 1. The van der Waals surface area contributed by atoms with E-state index in [2.05, 4.69) is 10.6 Å². The quantitative estimate of drug-likeness (QED) is 0.559. The Morgan fingerprint density at radius 3 is 2.68 bits per heavy atom. The second-order valence-electron chi connectivity index (χ2n) is 6.24. The van der Waals surface area contributed by atoms with Crippen molar-refractivity contribution in [1.29, 1.82) is 0 Å². The monoisotopic (exact) mass is 311 g/mol. The average Bonchev–Trinajstić information content (AvgIpc) is 3.31. The van der Waals surface area contributed by atoms with Gasteiger partial charge in [0.05, 0.1) is 13.2 Å². The van der Waals surface area contributed by atoms with E-state index in [1.54, 1.807) is 0 Å². The van der Waals surface area contributed by atoms with Gasteiger partial charge in [-0.1, -0.05) is 12.8 Å². The molecule has 7 nitrogen and oxygen atoms in total. The van der Waals surface area contributed by atoms with Crippen LogP contribution in [0.4, 0.5) is 0 Å². The number of hydrogen-bond donors (Lipinski definition) is 3. The van der Waals surface area contributed by atoms with Gasteiger partial charge in [-0.3, -0.25) is 9.59 Å². The van der Waals surface area contributed by atoms with Crippen molar-refractivity contribution in [1.82, 2.24) is 10.6 Å². The zero-order valence-corrected chi connectivity index (χ0v) is 13.0. The minimum Gasteiger partial charge on any atom is -0.467 e. The molecule has 3 atom stereocenters. The smallest absolute Gasteiger partial charge is 0.328 e. The van der Waals surface area contributed by atoms with Crippen LogP contribution in [0.3, 0.4) is 0 Å². The molecular weight excluding hydrogens is 286 g/mol. The minimum absolute atomic E-state index is 0.0725. The summed E-state index contributed by atoms with van der Waals surface area (Å²) in [5.41, 5.74) is 5.87. The normalized spacial score (nSPS) is 24.1. The van der Waals surface area contributed by atoms with Crippen molar-refractivity contribution in [3.05, 3.63) is 0 Å². The third-order valence-corrected chi connectivity index (χ3v) is 4.34. The fourth-order valence-corrected chi connectivity index (χ4v) is 2.80. The Bertz CT molecular complexity index is 437. The highest BCUT2D eigenvalue weighted by molar-refractivity contribution is 5.88. The van der Waals surface area contributed by atoms with E-state index in [4.69, 9.17) is 10.5 Å². The van der Waals surface area contributed by atoms with Gasteiger partial charge in [0.2, 0.25) is 11.8 Å². The van der Waals surface area contributed by atoms with Crippen LogP contribution in [0.2, 0.25) is 0 Å². The van der Waals surface area contributed by atoms with E-state index in [9.17, 15) is 14.4 Å². The number of ether oxygens (including phenoxy) is 1. The van der Waals surface area contributed by atoms with Crippen molar-refractivity contribution in [2.45, 2.75) is 50.6 Å². The molecule has 1 heterocycles. The van der Waals surface area contributed by atoms with Crippen molar-refractivity contribution >= 4 is 17.8 Å². The number of carbonyl (C=O) groups excluding carboxylic acids is 3. The van der Waals surface area contributed by atoms with Gasteiger partial charge >= 0.3 is 5.97 Å². The molecule has 1 aliphatic heterocycles. The summed E-state index contributed by atoms with van der Waals surface area (Å²) in [6.45, 7) is 0.664. The first-order valence-electron chi connectivity index (χ1n) is 7.92. The summed E-state index contributed by atoms with van der Waals surface area (Å²) >= 11 is 0. The standard InChI is InChI=1S/C15H25N3O4/c1-22-15(21)12(8-10-3-2-6-17-13(10)19)18-14(20)11(16)7-9-4-5-9/h9-12H,2-8,16H2,1H3,(H,17,19)(H,18,20)/t10-,11-,12-/m0/s1. The first kappa shape index (κ1) is 16.7. The lowest BCUT2D eigenvalue weighted by molar-refractivity contribution is -0.146. The number of methoxy groups -OCH3 is 1. The Morgan fingerprint density at radius 1 is 1.36 bits per heavy atom. The van der Waals surface area contributed by atoms with Gasteiger partial charge in [0.1, 0.15) is 6.04 Å². The van der Waals surface area contributed by atoms with Gasteiger partial charge in [-0.05, 0) is 31.6 Å². The summed E-state index contributed by atoms with van der Waals surface area (Å²) in [5.74, 6) is -0.709. The van der Waals surface area contributed by atoms with Crippen LogP contribution >= 0.6 is 0 Å². The Hall–Kier alpha value is -1.63. The number of nitrogens with one attached hydrogen (secondary N) is 2. The molecular formula is C15H25N3O4. The molecule has 0 aromatic rings. The van der Waals surface area contributed by atoms with Crippen LogP contribution in [-0.4, -0.2) is 43.5 Å². The zero-order valence-electron chi connectivity index (χ0n) is 13.0. The SMILES string of the molecule is COC(=O)[C@H](C[C@@H]1CCCNC1=O)NC(=O)[C@@H](N)CC1CC1. The first-order chi connectivity index (χ1) is 10.5. The van der Waals surface area contributed by atoms with E-state index < -0.39 is 18.1 Å². The van der Waals surface area contributed by atoms with Crippen LogP contribution in [0.1, 0.15) is 38.5 Å². The van der Waals surface area contributed by atoms with E-state index in [1.807, 2.05) is 0 Å². The molecule has 1 saturated carbocycles. The molecule has 7 heteroatoms. The Balaban J connectivity index is 1.91. The van der Waals surface area contributed by atoms with Crippen molar-refractivity contribution in [3.63, 3.8) is 0 Å². The van der Waals surface area contributed by atoms with E-state index in [1.165, 1.54) is 7.11 Å². The highest BCUT2D eigenvalue weighted by Gasteiger charge is 2.33. The number of hydrogen-bond acceptors (Lipinski definition) is 5. The number of nitrogens with two attached hydrogens (primary N) is 1. The van der Waals surface area contributed by atoms with Crippen LogP contribution in [0.15, 0.2) is 0 Å². The van der Waals surface area contributed by atoms with Gasteiger partial charge in [0.15, 0.2) is 0 Å². The average molecular weight is 311 g/mol. The lowest BCUT2D eigenvalue weighted by Crippen LogP contribution is -2.51. The van der Waals surface area contributed by atoms with Crippen LogP contribution in [0.5, 0.6) is 0 Å². The van der Waals surface area contributed by atoms with Gasteiger partial charge in [-0.15, -0.1) is 0 Å². The number of carbonyl (C=O) groups is 3. The number of rotatable bonds is 7. The molecule has 4 N–H and O–H groups in total. The van der Waals surface area contributed by atoms with Gasteiger partial charge in [0.25, 0.3) is 0 Å². The highest BCUT2D eigenvalue weighted by Crippen LogP contribution is 2.33. The summed E-state index contributed by atoms with van der Waals surface area (Å²) in [4.78, 5) is 35.8. The maximum Gasteiger partial charge on any atom is 0.328 e. The molecule has 0 radical (unpaired) electrons. The molecule has 124 valence electrons. The molecule has 1 saturated heterocycles. The number of amides is 2. The van der Waals surface area contributed by atoms with Crippen molar-refractivity contribution in [2.75, 3.05) is 13.7 Å². The lowest BCUT2D eigenvalue weighted by atomic mass is 9.91. The van der Waals surface area contributed by atoms with Gasteiger partial charge in [0, 0.05) is 12.5 Å². The van der Waals surface area contributed by atoms with Crippen LogP contribution in [0.25, 0.3) is 0 Å². The highest BCUT2D eigenvalue weighted by atomic mass is 16.5. The molecule has 2 fully saturated rings. The molecule has 2 amide bonds. The molecule has 0 aromatic carbocycles. The maximum atomic E-state index is 12.1. The van der Waals surface area contributed by atoms with E-state index in [-0.39, 0.29) is 24.2 Å². The maximum absolute atomic E-state index is 12.1. The second kappa shape index (κ2) is 7.58. The fourth-order valence-electron chi connectivity index (χ4n) is 2.80.